The highest BCUT2D eigenvalue weighted by Crippen LogP contribution is 2.19. The molecule has 3 aromatic rings. The molecule has 4 heteroatoms. The Balaban J connectivity index is 1.23. The fourth-order valence-corrected chi connectivity index (χ4v) is 3.99. The number of nitrogens with zero attached hydrogens (tertiary/aromatic N) is 1. The standard InChI is InChI=1S/C27H30N2O2/c30-26-14-16-29(17-15-26)20-23-8-6-22(7-9-23)19-28-27(31)18-21-10-12-25(13-11-21)24-4-2-1-3-5-24/h1-13,26,30H,14-20H2,(H,28,31). The molecule has 1 fully saturated rings. The molecule has 4 nitrogen and oxygen atoms in total. The van der Waals surface area contributed by atoms with E-state index < -0.39 is 0 Å². The summed E-state index contributed by atoms with van der Waals surface area (Å²) < 4.78 is 0. The van der Waals surface area contributed by atoms with Crippen molar-refractivity contribution in [2.45, 2.75) is 38.5 Å². The van der Waals surface area contributed by atoms with E-state index in [1.165, 1.54) is 11.1 Å². The van der Waals surface area contributed by atoms with Crippen LogP contribution in [0.1, 0.15) is 29.5 Å². The Labute approximate surface area is 184 Å². The van der Waals surface area contributed by atoms with Crippen LogP contribution in [0.2, 0.25) is 0 Å². The summed E-state index contributed by atoms with van der Waals surface area (Å²) in [4.78, 5) is 14.7. The molecule has 0 saturated carbocycles. The van der Waals surface area contributed by atoms with Gasteiger partial charge in [-0.2, -0.15) is 0 Å². The van der Waals surface area contributed by atoms with E-state index in [-0.39, 0.29) is 12.0 Å². The Hall–Kier alpha value is -2.95. The molecule has 1 amide bonds. The van der Waals surface area contributed by atoms with E-state index in [4.69, 9.17) is 0 Å². The molecule has 0 aliphatic carbocycles. The number of nitrogens with one attached hydrogen (secondary N) is 1. The number of amides is 1. The first-order valence-electron chi connectivity index (χ1n) is 11.0. The molecular formula is C27H30N2O2. The summed E-state index contributed by atoms with van der Waals surface area (Å²) in [6, 6.07) is 26.9. The molecule has 1 aliphatic rings. The number of rotatable bonds is 7. The molecule has 31 heavy (non-hydrogen) atoms. The van der Waals surface area contributed by atoms with Gasteiger partial charge in [-0.3, -0.25) is 9.69 Å². The van der Waals surface area contributed by atoms with Crippen molar-refractivity contribution >= 4 is 5.91 Å². The van der Waals surface area contributed by atoms with Crippen LogP contribution >= 0.6 is 0 Å². The summed E-state index contributed by atoms with van der Waals surface area (Å²) in [5, 5.41) is 12.6. The lowest BCUT2D eigenvalue weighted by Gasteiger charge is -2.29. The van der Waals surface area contributed by atoms with E-state index in [2.05, 4.69) is 58.7 Å². The van der Waals surface area contributed by atoms with Gasteiger partial charge in [0.15, 0.2) is 0 Å². The van der Waals surface area contributed by atoms with Gasteiger partial charge in [-0.25, -0.2) is 0 Å². The summed E-state index contributed by atoms with van der Waals surface area (Å²) in [6.07, 6.45) is 1.97. The Morgan fingerprint density at radius 1 is 0.806 bits per heavy atom. The largest absolute Gasteiger partial charge is 0.393 e. The number of carbonyl (C=O) groups excluding carboxylic acids is 1. The Kier molecular flexibility index (Phi) is 7.13. The highest BCUT2D eigenvalue weighted by molar-refractivity contribution is 5.78. The van der Waals surface area contributed by atoms with Crippen LogP contribution in [-0.2, 0) is 24.3 Å². The number of benzene rings is 3. The third-order valence-corrected chi connectivity index (χ3v) is 5.90. The first kappa shape index (κ1) is 21.3. The van der Waals surface area contributed by atoms with Gasteiger partial charge in [-0.1, -0.05) is 78.9 Å². The van der Waals surface area contributed by atoms with Gasteiger partial charge in [0.1, 0.15) is 0 Å². The second kappa shape index (κ2) is 10.4. The second-order valence-electron chi connectivity index (χ2n) is 8.34. The number of hydrogen-bond acceptors (Lipinski definition) is 3. The van der Waals surface area contributed by atoms with Crippen LogP contribution in [0.25, 0.3) is 11.1 Å². The van der Waals surface area contributed by atoms with Crippen molar-refractivity contribution in [3.8, 4) is 11.1 Å². The van der Waals surface area contributed by atoms with Crippen LogP contribution < -0.4 is 5.32 Å². The number of piperidine rings is 1. The van der Waals surface area contributed by atoms with Crippen molar-refractivity contribution in [1.29, 1.82) is 0 Å². The molecule has 0 atom stereocenters. The van der Waals surface area contributed by atoms with Gasteiger partial charge in [0.05, 0.1) is 12.5 Å². The van der Waals surface area contributed by atoms with Gasteiger partial charge >= 0.3 is 0 Å². The van der Waals surface area contributed by atoms with Gasteiger partial charge in [0, 0.05) is 26.2 Å². The van der Waals surface area contributed by atoms with E-state index in [1.807, 2.05) is 30.3 Å². The molecule has 0 spiro atoms. The minimum atomic E-state index is -0.135. The quantitative estimate of drug-likeness (QED) is 0.610. The number of aliphatic hydroxyl groups is 1. The molecule has 0 aromatic heterocycles. The van der Waals surface area contributed by atoms with E-state index in [0.29, 0.717) is 13.0 Å². The van der Waals surface area contributed by atoms with Crippen molar-refractivity contribution in [2.24, 2.45) is 0 Å². The molecular weight excluding hydrogens is 384 g/mol. The van der Waals surface area contributed by atoms with Crippen molar-refractivity contribution < 1.29 is 9.90 Å². The fourth-order valence-electron chi connectivity index (χ4n) is 3.99. The maximum atomic E-state index is 12.4. The van der Waals surface area contributed by atoms with E-state index in [0.717, 1.165) is 49.2 Å². The maximum Gasteiger partial charge on any atom is 0.224 e. The van der Waals surface area contributed by atoms with Crippen LogP contribution in [0.4, 0.5) is 0 Å². The summed E-state index contributed by atoms with van der Waals surface area (Å²) in [5.74, 6) is 0.0309. The minimum Gasteiger partial charge on any atom is -0.393 e. The van der Waals surface area contributed by atoms with Crippen LogP contribution in [0.15, 0.2) is 78.9 Å². The Morgan fingerprint density at radius 3 is 2.06 bits per heavy atom. The van der Waals surface area contributed by atoms with Gasteiger partial charge in [-0.05, 0) is 40.7 Å². The van der Waals surface area contributed by atoms with Crippen molar-refractivity contribution in [1.82, 2.24) is 10.2 Å². The smallest absolute Gasteiger partial charge is 0.224 e. The Bertz CT molecular complexity index is 960. The average molecular weight is 415 g/mol. The third kappa shape index (κ3) is 6.27. The normalized spacial score (nSPS) is 15.0. The average Bonchev–Trinajstić information content (AvgIpc) is 2.81. The third-order valence-electron chi connectivity index (χ3n) is 5.90. The zero-order valence-electron chi connectivity index (χ0n) is 17.8. The molecule has 1 heterocycles. The lowest BCUT2D eigenvalue weighted by molar-refractivity contribution is -0.120. The topological polar surface area (TPSA) is 52.6 Å². The predicted octanol–water partition coefficient (Wildman–Crippen LogP) is 4.17. The maximum absolute atomic E-state index is 12.4. The lowest BCUT2D eigenvalue weighted by atomic mass is 10.0. The Morgan fingerprint density at radius 2 is 1.39 bits per heavy atom. The van der Waals surface area contributed by atoms with Crippen molar-refractivity contribution in [3.63, 3.8) is 0 Å². The van der Waals surface area contributed by atoms with Gasteiger partial charge in [-0.15, -0.1) is 0 Å². The van der Waals surface area contributed by atoms with Crippen LogP contribution in [0.5, 0.6) is 0 Å². The van der Waals surface area contributed by atoms with Gasteiger partial charge in [0.2, 0.25) is 5.91 Å². The number of carbonyl (C=O) groups is 1. The highest BCUT2D eigenvalue weighted by atomic mass is 16.3. The van der Waals surface area contributed by atoms with E-state index in [1.54, 1.807) is 0 Å². The fraction of sp³-hybridized carbons (Fsp3) is 0.296. The summed E-state index contributed by atoms with van der Waals surface area (Å²) >= 11 is 0. The molecule has 1 saturated heterocycles. The highest BCUT2D eigenvalue weighted by Gasteiger charge is 2.16. The van der Waals surface area contributed by atoms with E-state index in [9.17, 15) is 9.90 Å². The van der Waals surface area contributed by atoms with Crippen LogP contribution in [-0.4, -0.2) is 35.1 Å². The molecule has 0 radical (unpaired) electrons. The van der Waals surface area contributed by atoms with Gasteiger partial charge < -0.3 is 10.4 Å². The number of aliphatic hydroxyl groups excluding tert-OH is 1. The second-order valence-corrected chi connectivity index (χ2v) is 8.34. The number of likely N-dealkylation sites (tertiary alicyclic amines) is 1. The summed E-state index contributed by atoms with van der Waals surface area (Å²) in [5.41, 5.74) is 5.72. The lowest BCUT2D eigenvalue weighted by Crippen LogP contribution is -2.35. The zero-order valence-corrected chi connectivity index (χ0v) is 17.8. The zero-order chi connectivity index (χ0) is 21.5. The summed E-state index contributed by atoms with van der Waals surface area (Å²) in [6.45, 7) is 3.35. The van der Waals surface area contributed by atoms with E-state index >= 15 is 0 Å². The molecule has 0 bridgehead atoms. The molecule has 1 aliphatic heterocycles. The van der Waals surface area contributed by atoms with Gasteiger partial charge in [0.25, 0.3) is 0 Å². The van der Waals surface area contributed by atoms with Crippen LogP contribution in [0.3, 0.4) is 0 Å². The predicted molar refractivity (Wildman–Crippen MR) is 124 cm³/mol. The van der Waals surface area contributed by atoms with Crippen molar-refractivity contribution in [2.75, 3.05) is 13.1 Å². The molecule has 0 unspecified atom stereocenters. The first-order chi connectivity index (χ1) is 15.2. The van der Waals surface area contributed by atoms with Crippen LogP contribution in [0, 0.1) is 0 Å². The summed E-state index contributed by atoms with van der Waals surface area (Å²) in [7, 11) is 0. The molecule has 2 N–H and O–H groups in total. The number of hydrogen-bond donors (Lipinski definition) is 2. The molecule has 3 aromatic carbocycles. The van der Waals surface area contributed by atoms with Crippen molar-refractivity contribution in [3.05, 3.63) is 95.6 Å². The monoisotopic (exact) mass is 414 g/mol. The SMILES string of the molecule is O=C(Cc1ccc(-c2ccccc2)cc1)NCc1ccc(CN2CCC(O)CC2)cc1. The molecule has 160 valence electrons. The molecule has 4 rings (SSSR count). The first-order valence-corrected chi connectivity index (χ1v) is 11.0. The minimum absolute atomic E-state index is 0.0309.